The lowest BCUT2D eigenvalue weighted by molar-refractivity contribution is 0.527. The quantitative estimate of drug-likeness (QED) is 0.211. The molecule has 0 fully saturated rings. The molecule has 0 aliphatic heterocycles. The Balaban J connectivity index is 1.57. The van der Waals surface area contributed by atoms with E-state index in [1.54, 1.807) is 23.1 Å². The average molecular weight is 540 g/mol. The van der Waals surface area contributed by atoms with Crippen LogP contribution in [0.2, 0.25) is 0 Å². The standard InChI is InChI=1S/C38H31F2N/c1-38(2,3)41(35-19-10-9-18-34(35)39)36-25-32(26-12-5-4-6-13-26)24-33(37(36)40)31-17-11-16-29(23-31)30-21-20-27-14-7-8-15-28(27)22-30/h4-25H,1-3H3. The second-order valence-corrected chi connectivity index (χ2v) is 11.3. The first-order valence-corrected chi connectivity index (χ1v) is 13.8. The maximum absolute atomic E-state index is 16.8. The number of fused-ring (bicyclic) bond motifs is 1. The molecule has 0 heterocycles. The zero-order chi connectivity index (χ0) is 28.6. The zero-order valence-electron chi connectivity index (χ0n) is 23.4. The van der Waals surface area contributed by atoms with Gasteiger partial charge in [-0.15, -0.1) is 0 Å². The van der Waals surface area contributed by atoms with E-state index in [2.05, 4.69) is 30.3 Å². The van der Waals surface area contributed by atoms with Crippen molar-refractivity contribution in [1.82, 2.24) is 0 Å². The van der Waals surface area contributed by atoms with E-state index in [-0.39, 0.29) is 0 Å². The summed E-state index contributed by atoms with van der Waals surface area (Å²) in [7, 11) is 0. The van der Waals surface area contributed by atoms with Crippen LogP contribution in [0.4, 0.5) is 20.2 Å². The molecule has 0 N–H and O–H groups in total. The minimum Gasteiger partial charge on any atom is -0.331 e. The molecule has 0 unspecified atom stereocenters. The van der Waals surface area contributed by atoms with Gasteiger partial charge in [0.25, 0.3) is 0 Å². The highest BCUT2D eigenvalue weighted by atomic mass is 19.1. The fraction of sp³-hybridized carbons (Fsp3) is 0.105. The molecule has 6 rings (SSSR count). The normalized spacial score (nSPS) is 11.5. The number of para-hydroxylation sites is 1. The van der Waals surface area contributed by atoms with Gasteiger partial charge >= 0.3 is 0 Å². The lowest BCUT2D eigenvalue weighted by Gasteiger charge is -2.38. The number of halogens is 2. The summed E-state index contributed by atoms with van der Waals surface area (Å²) in [6, 6.07) is 42.8. The monoisotopic (exact) mass is 539 g/mol. The van der Waals surface area contributed by atoms with Crippen molar-refractivity contribution in [1.29, 1.82) is 0 Å². The van der Waals surface area contributed by atoms with Gasteiger partial charge in [0.15, 0.2) is 5.82 Å². The molecule has 6 aromatic carbocycles. The third-order valence-electron chi connectivity index (χ3n) is 7.42. The molecule has 202 valence electrons. The summed E-state index contributed by atoms with van der Waals surface area (Å²) in [5, 5.41) is 2.33. The molecule has 0 aliphatic rings. The Morgan fingerprint density at radius 3 is 1.85 bits per heavy atom. The third kappa shape index (κ3) is 5.24. The summed E-state index contributed by atoms with van der Waals surface area (Å²) in [5.74, 6) is -0.787. The summed E-state index contributed by atoms with van der Waals surface area (Å²) in [5.41, 5.74) is 5.16. The summed E-state index contributed by atoms with van der Waals surface area (Å²) in [4.78, 5) is 1.76. The molecule has 41 heavy (non-hydrogen) atoms. The van der Waals surface area contributed by atoms with E-state index < -0.39 is 17.2 Å². The van der Waals surface area contributed by atoms with Crippen molar-refractivity contribution in [2.45, 2.75) is 26.3 Å². The van der Waals surface area contributed by atoms with E-state index in [0.717, 1.165) is 33.2 Å². The summed E-state index contributed by atoms with van der Waals surface area (Å²) in [6.07, 6.45) is 0. The summed E-state index contributed by atoms with van der Waals surface area (Å²) < 4.78 is 32.1. The van der Waals surface area contributed by atoms with Crippen LogP contribution in [-0.2, 0) is 0 Å². The fourth-order valence-electron chi connectivity index (χ4n) is 5.50. The van der Waals surface area contributed by atoms with Gasteiger partial charge in [0.1, 0.15) is 5.82 Å². The molecule has 0 aliphatic carbocycles. The molecule has 0 amide bonds. The predicted molar refractivity (Wildman–Crippen MR) is 169 cm³/mol. The zero-order valence-corrected chi connectivity index (χ0v) is 23.4. The Morgan fingerprint density at radius 1 is 0.463 bits per heavy atom. The van der Waals surface area contributed by atoms with Crippen molar-refractivity contribution < 1.29 is 8.78 Å². The van der Waals surface area contributed by atoms with Gasteiger partial charge in [0.2, 0.25) is 0 Å². The number of benzene rings is 6. The van der Waals surface area contributed by atoms with E-state index in [1.165, 1.54) is 11.5 Å². The highest BCUT2D eigenvalue weighted by Gasteiger charge is 2.30. The van der Waals surface area contributed by atoms with Gasteiger partial charge in [-0.25, -0.2) is 8.78 Å². The highest BCUT2D eigenvalue weighted by molar-refractivity contribution is 5.89. The lowest BCUT2D eigenvalue weighted by Crippen LogP contribution is -2.38. The molecule has 0 saturated heterocycles. The third-order valence-corrected chi connectivity index (χ3v) is 7.42. The van der Waals surface area contributed by atoms with Gasteiger partial charge in [-0.05, 0) is 95.8 Å². The van der Waals surface area contributed by atoms with Crippen LogP contribution in [0.3, 0.4) is 0 Å². The van der Waals surface area contributed by atoms with Crippen molar-refractivity contribution in [3.05, 3.63) is 145 Å². The van der Waals surface area contributed by atoms with Crippen molar-refractivity contribution in [3.8, 4) is 33.4 Å². The van der Waals surface area contributed by atoms with Gasteiger partial charge < -0.3 is 4.90 Å². The molecule has 0 radical (unpaired) electrons. The Morgan fingerprint density at radius 2 is 1.10 bits per heavy atom. The molecular formula is C38H31F2N. The Hall–Kier alpha value is -4.76. The average Bonchev–Trinajstić information content (AvgIpc) is 2.99. The van der Waals surface area contributed by atoms with Gasteiger partial charge in [0.05, 0.1) is 11.4 Å². The topological polar surface area (TPSA) is 3.24 Å². The van der Waals surface area contributed by atoms with Crippen molar-refractivity contribution in [2.75, 3.05) is 4.90 Å². The summed E-state index contributed by atoms with van der Waals surface area (Å²) in [6.45, 7) is 5.90. The number of rotatable bonds is 5. The maximum atomic E-state index is 16.8. The first-order valence-electron chi connectivity index (χ1n) is 13.8. The van der Waals surface area contributed by atoms with E-state index >= 15 is 8.78 Å². The molecule has 0 bridgehead atoms. The number of anilines is 2. The van der Waals surface area contributed by atoms with Crippen LogP contribution >= 0.6 is 0 Å². The smallest absolute Gasteiger partial charge is 0.154 e. The van der Waals surface area contributed by atoms with Gasteiger partial charge in [0, 0.05) is 11.1 Å². The van der Waals surface area contributed by atoms with E-state index in [0.29, 0.717) is 16.9 Å². The molecule has 0 aromatic heterocycles. The first kappa shape index (κ1) is 26.5. The maximum Gasteiger partial charge on any atom is 0.154 e. The Kier molecular flexibility index (Phi) is 6.88. The van der Waals surface area contributed by atoms with Crippen LogP contribution in [0, 0.1) is 11.6 Å². The molecule has 6 aromatic rings. The molecular weight excluding hydrogens is 508 g/mol. The van der Waals surface area contributed by atoms with Crippen molar-refractivity contribution in [2.24, 2.45) is 0 Å². The number of nitrogens with zero attached hydrogens (tertiary/aromatic N) is 1. The van der Waals surface area contributed by atoms with Crippen LogP contribution < -0.4 is 4.90 Å². The van der Waals surface area contributed by atoms with E-state index in [1.807, 2.05) is 99.6 Å². The fourth-order valence-corrected chi connectivity index (χ4v) is 5.50. The van der Waals surface area contributed by atoms with E-state index in [4.69, 9.17) is 0 Å². The Labute approximate surface area is 240 Å². The highest BCUT2D eigenvalue weighted by Crippen LogP contribution is 2.42. The summed E-state index contributed by atoms with van der Waals surface area (Å²) >= 11 is 0. The lowest BCUT2D eigenvalue weighted by atomic mass is 9.93. The van der Waals surface area contributed by atoms with Gasteiger partial charge in [-0.2, -0.15) is 0 Å². The number of hydrogen-bond donors (Lipinski definition) is 0. The second-order valence-electron chi connectivity index (χ2n) is 11.3. The minimum atomic E-state index is -0.609. The Bertz CT molecular complexity index is 1850. The SMILES string of the molecule is CC(C)(C)N(c1ccccc1F)c1cc(-c2ccccc2)cc(-c2cccc(-c3ccc4ccccc4c3)c2)c1F. The molecule has 1 nitrogen and oxygen atoms in total. The molecule has 0 saturated carbocycles. The molecule has 0 atom stereocenters. The largest absolute Gasteiger partial charge is 0.331 e. The molecule has 0 spiro atoms. The van der Waals surface area contributed by atoms with E-state index in [9.17, 15) is 0 Å². The minimum absolute atomic E-state index is 0.329. The van der Waals surface area contributed by atoms with Crippen LogP contribution in [0.25, 0.3) is 44.2 Å². The van der Waals surface area contributed by atoms with Crippen LogP contribution in [0.15, 0.2) is 133 Å². The van der Waals surface area contributed by atoms with Crippen LogP contribution in [0.5, 0.6) is 0 Å². The predicted octanol–water partition coefficient (Wildman–Crippen LogP) is 11.1. The first-order chi connectivity index (χ1) is 19.8. The molecule has 3 heteroatoms. The van der Waals surface area contributed by atoms with Gasteiger partial charge in [-0.1, -0.05) is 97.1 Å². The van der Waals surface area contributed by atoms with Gasteiger partial charge in [-0.3, -0.25) is 0 Å². The van der Waals surface area contributed by atoms with Crippen molar-refractivity contribution in [3.63, 3.8) is 0 Å². The van der Waals surface area contributed by atoms with Crippen LogP contribution in [0.1, 0.15) is 20.8 Å². The second kappa shape index (κ2) is 10.7. The number of hydrogen-bond acceptors (Lipinski definition) is 1. The van der Waals surface area contributed by atoms with Crippen LogP contribution in [-0.4, -0.2) is 5.54 Å². The van der Waals surface area contributed by atoms with Crippen molar-refractivity contribution >= 4 is 22.1 Å².